The molecular formula is C22H19N3OS. The molecule has 0 saturated heterocycles. The highest BCUT2D eigenvalue weighted by atomic mass is 32.1. The highest BCUT2D eigenvalue weighted by molar-refractivity contribution is 7.13. The van der Waals surface area contributed by atoms with E-state index in [2.05, 4.69) is 10.4 Å². The number of nitrogens with zero attached hydrogens (tertiary/aromatic N) is 2. The zero-order chi connectivity index (χ0) is 18.6. The first-order valence-electron chi connectivity index (χ1n) is 8.73. The topological polar surface area (TPSA) is 46.9 Å². The smallest absolute Gasteiger partial charge is 0.255 e. The van der Waals surface area contributed by atoms with Crippen LogP contribution < -0.4 is 5.32 Å². The Bertz CT molecular complexity index is 1040. The van der Waals surface area contributed by atoms with Gasteiger partial charge in [0.15, 0.2) is 0 Å². The standard InChI is InChI=1S/C22H19N3OS/c1-16-9-11-17(12-10-16)14-23-22(26)19-15-25(18-6-3-2-4-7-18)24-21(19)20-8-5-13-27-20/h2-13,15H,14H2,1H3,(H,23,26). The second-order valence-corrected chi connectivity index (χ2v) is 7.26. The van der Waals surface area contributed by atoms with Crippen molar-refractivity contribution in [3.63, 3.8) is 0 Å². The highest BCUT2D eigenvalue weighted by Crippen LogP contribution is 2.27. The molecule has 0 fully saturated rings. The molecule has 27 heavy (non-hydrogen) atoms. The second kappa shape index (κ2) is 7.60. The van der Waals surface area contributed by atoms with E-state index in [1.165, 1.54) is 5.56 Å². The maximum atomic E-state index is 12.9. The minimum atomic E-state index is -0.124. The third kappa shape index (κ3) is 3.83. The summed E-state index contributed by atoms with van der Waals surface area (Å²) in [5.74, 6) is -0.124. The predicted octanol–water partition coefficient (Wildman–Crippen LogP) is 4.84. The van der Waals surface area contributed by atoms with E-state index in [-0.39, 0.29) is 5.91 Å². The minimum absolute atomic E-state index is 0.124. The van der Waals surface area contributed by atoms with Crippen molar-refractivity contribution in [2.45, 2.75) is 13.5 Å². The van der Waals surface area contributed by atoms with Crippen molar-refractivity contribution in [2.24, 2.45) is 0 Å². The summed E-state index contributed by atoms with van der Waals surface area (Å²) in [5, 5.41) is 9.68. The van der Waals surface area contributed by atoms with Crippen LogP contribution >= 0.6 is 11.3 Å². The first-order valence-corrected chi connectivity index (χ1v) is 9.61. The van der Waals surface area contributed by atoms with Gasteiger partial charge in [0.05, 0.1) is 16.1 Å². The molecule has 0 aliphatic heterocycles. The Hall–Kier alpha value is -3.18. The molecule has 1 N–H and O–H groups in total. The summed E-state index contributed by atoms with van der Waals surface area (Å²) in [6, 6.07) is 21.9. The van der Waals surface area contributed by atoms with E-state index in [0.29, 0.717) is 17.8 Å². The third-order valence-electron chi connectivity index (χ3n) is 4.31. The Morgan fingerprint density at radius 1 is 1.04 bits per heavy atom. The Morgan fingerprint density at radius 3 is 2.52 bits per heavy atom. The number of aromatic nitrogens is 2. The van der Waals surface area contributed by atoms with Crippen LogP contribution in [0.15, 0.2) is 78.3 Å². The summed E-state index contributed by atoms with van der Waals surface area (Å²) >= 11 is 1.58. The quantitative estimate of drug-likeness (QED) is 0.544. The van der Waals surface area contributed by atoms with E-state index in [0.717, 1.165) is 16.1 Å². The largest absolute Gasteiger partial charge is 0.348 e. The number of hydrogen-bond acceptors (Lipinski definition) is 3. The summed E-state index contributed by atoms with van der Waals surface area (Å²) in [5.41, 5.74) is 4.48. The molecule has 1 amide bonds. The van der Waals surface area contributed by atoms with E-state index < -0.39 is 0 Å². The summed E-state index contributed by atoms with van der Waals surface area (Å²) in [6.45, 7) is 2.53. The molecule has 4 nitrogen and oxygen atoms in total. The SMILES string of the molecule is Cc1ccc(CNC(=O)c2cn(-c3ccccc3)nc2-c2cccs2)cc1. The second-order valence-electron chi connectivity index (χ2n) is 6.32. The fourth-order valence-electron chi connectivity index (χ4n) is 2.83. The van der Waals surface area contributed by atoms with E-state index in [4.69, 9.17) is 0 Å². The molecule has 0 atom stereocenters. The Labute approximate surface area is 162 Å². The van der Waals surface area contributed by atoms with Gasteiger partial charge in [0.1, 0.15) is 5.69 Å². The summed E-state index contributed by atoms with van der Waals surface area (Å²) in [6.07, 6.45) is 1.80. The van der Waals surface area contributed by atoms with Gasteiger partial charge in [-0.2, -0.15) is 5.10 Å². The number of amides is 1. The maximum absolute atomic E-state index is 12.9. The van der Waals surface area contributed by atoms with Crippen LogP contribution in [-0.4, -0.2) is 15.7 Å². The number of carbonyl (C=O) groups excluding carboxylic acids is 1. The van der Waals surface area contributed by atoms with Crippen molar-refractivity contribution in [2.75, 3.05) is 0 Å². The van der Waals surface area contributed by atoms with Crippen molar-refractivity contribution in [1.82, 2.24) is 15.1 Å². The summed E-state index contributed by atoms with van der Waals surface area (Å²) in [4.78, 5) is 13.9. The van der Waals surface area contributed by atoms with Crippen molar-refractivity contribution in [1.29, 1.82) is 0 Å². The van der Waals surface area contributed by atoms with Gasteiger partial charge < -0.3 is 5.32 Å². The number of benzene rings is 2. The van der Waals surface area contributed by atoms with Crippen LogP contribution in [0, 0.1) is 6.92 Å². The van der Waals surface area contributed by atoms with Crippen LogP contribution in [0.25, 0.3) is 16.3 Å². The number of carbonyl (C=O) groups is 1. The molecule has 134 valence electrons. The molecule has 0 spiro atoms. The minimum Gasteiger partial charge on any atom is -0.348 e. The fraction of sp³-hybridized carbons (Fsp3) is 0.0909. The van der Waals surface area contributed by atoms with Crippen molar-refractivity contribution in [3.05, 3.63) is 95.0 Å². The Morgan fingerprint density at radius 2 is 1.81 bits per heavy atom. The number of nitrogens with one attached hydrogen (secondary N) is 1. The maximum Gasteiger partial charge on any atom is 0.255 e. The van der Waals surface area contributed by atoms with E-state index >= 15 is 0 Å². The van der Waals surface area contributed by atoms with Crippen LogP contribution in [0.2, 0.25) is 0 Å². The Kier molecular flexibility index (Phi) is 4.85. The lowest BCUT2D eigenvalue weighted by Crippen LogP contribution is -2.22. The normalized spacial score (nSPS) is 10.7. The number of aryl methyl sites for hydroxylation is 1. The van der Waals surface area contributed by atoms with E-state index in [1.807, 2.05) is 79.0 Å². The van der Waals surface area contributed by atoms with E-state index in [9.17, 15) is 4.79 Å². The van der Waals surface area contributed by atoms with Gasteiger partial charge in [0.2, 0.25) is 0 Å². The van der Waals surface area contributed by atoms with Gasteiger partial charge in [-0.3, -0.25) is 4.79 Å². The van der Waals surface area contributed by atoms with Gasteiger partial charge in [0.25, 0.3) is 5.91 Å². The number of rotatable bonds is 5. The molecule has 2 heterocycles. The first-order chi connectivity index (χ1) is 13.2. The van der Waals surface area contributed by atoms with Crippen LogP contribution in [0.1, 0.15) is 21.5 Å². The zero-order valence-electron chi connectivity index (χ0n) is 14.9. The third-order valence-corrected chi connectivity index (χ3v) is 5.18. The molecule has 0 aliphatic carbocycles. The number of thiophene rings is 1. The zero-order valence-corrected chi connectivity index (χ0v) is 15.7. The highest BCUT2D eigenvalue weighted by Gasteiger charge is 2.19. The van der Waals surface area contributed by atoms with Gasteiger partial charge in [-0.1, -0.05) is 54.1 Å². The molecule has 0 unspecified atom stereocenters. The fourth-order valence-corrected chi connectivity index (χ4v) is 3.56. The molecule has 0 aliphatic rings. The molecule has 0 bridgehead atoms. The van der Waals surface area contributed by atoms with Crippen LogP contribution in [0.5, 0.6) is 0 Å². The van der Waals surface area contributed by atoms with Crippen molar-refractivity contribution >= 4 is 17.2 Å². The Balaban J connectivity index is 1.63. The predicted molar refractivity (Wildman–Crippen MR) is 109 cm³/mol. The van der Waals surface area contributed by atoms with Gasteiger partial charge in [-0.25, -0.2) is 4.68 Å². The average Bonchev–Trinajstić information content (AvgIpc) is 3.37. The summed E-state index contributed by atoms with van der Waals surface area (Å²) in [7, 11) is 0. The van der Waals surface area contributed by atoms with Gasteiger partial charge in [-0.15, -0.1) is 11.3 Å². The molecule has 4 rings (SSSR count). The lowest BCUT2D eigenvalue weighted by molar-refractivity contribution is 0.0951. The molecule has 2 aromatic carbocycles. The molecule has 0 saturated carbocycles. The van der Waals surface area contributed by atoms with Crippen LogP contribution in [0.3, 0.4) is 0 Å². The molecule has 4 aromatic rings. The average molecular weight is 373 g/mol. The van der Waals surface area contributed by atoms with E-state index in [1.54, 1.807) is 22.2 Å². The summed E-state index contributed by atoms with van der Waals surface area (Å²) < 4.78 is 1.76. The monoisotopic (exact) mass is 373 g/mol. The number of para-hydroxylation sites is 1. The number of hydrogen-bond donors (Lipinski definition) is 1. The van der Waals surface area contributed by atoms with Gasteiger partial charge in [0, 0.05) is 12.7 Å². The van der Waals surface area contributed by atoms with Crippen molar-refractivity contribution < 1.29 is 4.79 Å². The lowest BCUT2D eigenvalue weighted by Gasteiger charge is -2.05. The lowest BCUT2D eigenvalue weighted by atomic mass is 10.1. The molecule has 5 heteroatoms. The van der Waals surface area contributed by atoms with Crippen LogP contribution in [-0.2, 0) is 6.54 Å². The molecule has 0 radical (unpaired) electrons. The van der Waals surface area contributed by atoms with Gasteiger partial charge in [-0.05, 0) is 36.1 Å². The van der Waals surface area contributed by atoms with Crippen molar-refractivity contribution in [3.8, 4) is 16.3 Å². The first kappa shape index (κ1) is 17.2. The van der Waals surface area contributed by atoms with Gasteiger partial charge >= 0.3 is 0 Å². The van der Waals surface area contributed by atoms with Crippen LogP contribution in [0.4, 0.5) is 0 Å². The molecule has 2 aromatic heterocycles. The molecular weight excluding hydrogens is 354 g/mol.